The molecule has 8 heteroatoms. The monoisotopic (exact) mass is 333 g/mol. The summed E-state index contributed by atoms with van der Waals surface area (Å²) >= 11 is 0. The molecule has 3 rings (SSSR count). The molecule has 2 aromatic rings. The Morgan fingerprint density at radius 2 is 2.00 bits per heavy atom. The first-order valence-corrected chi connectivity index (χ1v) is 7.76. The second kappa shape index (κ2) is 6.58. The SMILES string of the molecule is O=C(NCC1(CO)CCCOC1)c1ccc2c(=O)[nH][nH]c(=O)c2c1. The molecule has 0 saturated carbocycles. The van der Waals surface area contributed by atoms with Crippen LogP contribution in [0.2, 0.25) is 0 Å². The predicted octanol–water partition coefficient (Wildman–Crippen LogP) is -0.265. The molecule has 1 atom stereocenters. The second-order valence-corrected chi connectivity index (χ2v) is 6.17. The molecular formula is C16H19N3O5. The molecule has 0 spiro atoms. The fourth-order valence-electron chi connectivity index (χ4n) is 2.92. The largest absolute Gasteiger partial charge is 0.396 e. The maximum atomic E-state index is 12.4. The average molecular weight is 333 g/mol. The van der Waals surface area contributed by atoms with Crippen LogP contribution in [0.25, 0.3) is 10.8 Å². The number of aromatic amines is 2. The maximum absolute atomic E-state index is 12.4. The van der Waals surface area contributed by atoms with Gasteiger partial charge in [0.1, 0.15) is 0 Å². The van der Waals surface area contributed by atoms with Crippen LogP contribution < -0.4 is 16.4 Å². The first-order chi connectivity index (χ1) is 11.5. The standard InChI is InChI=1S/C16H19N3O5/c20-8-16(4-1-5-24-9-16)7-17-13(21)10-2-3-11-12(6-10)15(23)19-18-14(11)22/h2-3,6,20H,1,4-5,7-9H2,(H,17,21)(H,18,22)(H,19,23). The fraction of sp³-hybridized carbons (Fsp3) is 0.438. The number of hydrogen-bond donors (Lipinski definition) is 4. The Morgan fingerprint density at radius 3 is 2.67 bits per heavy atom. The van der Waals surface area contributed by atoms with E-state index in [4.69, 9.17) is 4.74 Å². The van der Waals surface area contributed by atoms with Crippen LogP contribution in [0.5, 0.6) is 0 Å². The summed E-state index contributed by atoms with van der Waals surface area (Å²) in [5.41, 5.74) is -1.08. The number of amides is 1. The molecule has 0 aliphatic carbocycles. The lowest BCUT2D eigenvalue weighted by atomic mass is 9.83. The maximum Gasteiger partial charge on any atom is 0.270 e. The average Bonchev–Trinajstić information content (AvgIpc) is 2.63. The van der Waals surface area contributed by atoms with Gasteiger partial charge in [-0.15, -0.1) is 0 Å². The first-order valence-electron chi connectivity index (χ1n) is 7.76. The Bertz CT molecular complexity index is 864. The number of rotatable bonds is 4. The highest BCUT2D eigenvalue weighted by molar-refractivity contribution is 5.98. The van der Waals surface area contributed by atoms with Gasteiger partial charge in [-0.3, -0.25) is 24.6 Å². The Morgan fingerprint density at radius 1 is 1.25 bits per heavy atom. The molecule has 24 heavy (non-hydrogen) atoms. The van der Waals surface area contributed by atoms with Crippen LogP contribution in [0.4, 0.5) is 0 Å². The van der Waals surface area contributed by atoms with Crippen molar-refractivity contribution in [2.45, 2.75) is 12.8 Å². The molecule has 0 radical (unpaired) electrons. The van der Waals surface area contributed by atoms with Gasteiger partial charge in [-0.1, -0.05) is 0 Å². The topological polar surface area (TPSA) is 124 Å². The van der Waals surface area contributed by atoms with E-state index < -0.39 is 16.5 Å². The van der Waals surface area contributed by atoms with Crippen LogP contribution in [0.15, 0.2) is 27.8 Å². The summed E-state index contributed by atoms with van der Waals surface area (Å²) in [7, 11) is 0. The minimum Gasteiger partial charge on any atom is -0.396 e. The number of aliphatic hydroxyl groups excluding tert-OH is 1. The van der Waals surface area contributed by atoms with Crippen molar-refractivity contribution in [1.29, 1.82) is 0 Å². The van der Waals surface area contributed by atoms with Crippen molar-refractivity contribution in [2.75, 3.05) is 26.4 Å². The van der Waals surface area contributed by atoms with E-state index >= 15 is 0 Å². The molecule has 8 nitrogen and oxygen atoms in total. The molecular weight excluding hydrogens is 314 g/mol. The lowest BCUT2D eigenvalue weighted by Gasteiger charge is -2.35. The number of aromatic nitrogens is 2. The Labute approximate surface area is 136 Å². The fourth-order valence-corrected chi connectivity index (χ4v) is 2.92. The highest BCUT2D eigenvalue weighted by Crippen LogP contribution is 2.27. The zero-order valence-electron chi connectivity index (χ0n) is 13.1. The summed E-state index contributed by atoms with van der Waals surface area (Å²) < 4.78 is 5.41. The number of carbonyl (C=O) groups excluding carboxylic acids is 1. The van der Waals surface area contributed by atoms with Crippen LogP contribution in [0, 0.1) is 5.41 Å². The van der Waals surface area contributed by atoms with E-state index in [1.54, 1.807) is 0 Å². The third kappa shape index (κ3) is 3.10. The van der Waals surface area contributed by atoms with E-state index in [0.717, 1.165) is 12.8 Å². The minimum absolute atomic E-state index is 0.0694. The molecule has 1 unspecified atom stereocenters. The summed E-state index contributed by atoms with van der Waals surface area (Å²) in [6.45, 7) is 1.28. The number of aliphatic hydroxyl groups is 1. The van der Waals surface area contributed by atoms with Gasteiger partial charge in [0.2, 0.25) is 0 Å². The van der Waals surface area contributed by atoms with Crippen LogP contribution in [0.3, 0.4) is 0 Å². The third-order valence-corrected chi connectivity index (χ3v) is 4.42. The van der Waals surface area contributed by atoms with E-state index in [9.17, 15) is 19.5 Å². The Balaban J connectivity index is 1.80. The lowest BCUT2D eigenvalue weighted by molar-refractivity contribution is -0.0361. The number of benzene rings is 1. The minimum atomic E-state index is -0.473. The highest BCUT2D eigenvalue weighted by atomic mass is 16.5. The van der Waals surface area contributed by atoms with Crippen molar-refractivity contribution in [2.24, 2.45) is 5.41 Å². The molecule has 1 aliphatic heterocycles. The summed E-state index contributed by atoms with van der Waals surface area (Å²) in [6.07, 6.45) is 1.61. The van der Waals surface area contributed by atoms with Gasteiger partial charge >= 0.3 is 0 Å². The number of fused-ring (bicyclic) bond motifs is 1. The van der Waals surface area contributed by atoms with Crippen molar-refractivity contribution in [3.63, 3.8) is 0 Å². The molecule has 1 aliphatic rings. The van der Waals surface area contributed by atoms with Gasteiger partial charge in [0.15, 0.2) is 0 Å². The zero-order valence-corrected chi connectivity index (χ0v) is 13.1. The van der Waals surface area contributed by atoms with E-state index in [1.165, 1.54) is 18.2 Å². The molecule has 1 aromatic heterocycles. The molecule has 2 heterocycles. The summed E-state index contributed by atoms with van der Waals surface area (Å²) in [4.78, 5) is 35.8. The van der Waals surface area contributed by atoms with E-state index in [2.05, 4.69) is 15.5 Å². The second-order valence-electron chi connectivity index (χ2n) is 6.17. The summed E-state index contributed by atoms with van der Waals surface area (Å²) in [5.74, 6) is -0.366. The van der Waals surface area contributed by atoms with Gasteiger partial charge in [0.05, 0.1) is 24.0 Å². The van der Waals surface area contributed by atoms with Crippen molar-refractivity contribution >= 4 is 16.7 Å². The van der Waals surface area contributed by atoms with Crippen LogP contribution in [-0.2, 0) is 4.74 Å². The predicted molar refractivity (Wildman–Crippen MR) is 87.1 cm³/mol. The number of carbonyl (C=O) groups is 1. The first kappa shape index (κ1) is 16.4. The van der Waals surface area contributed by atoms with Gasteiger partial charge < -0.3 is 15.2 Å². The molecule has 0 bridgehead atoms. The van der Waals surface area contributed by atoms with E-state index in [1.807, 2.05) is 0 Å². The highest BCUT2D eigenvalue weighted by Gasteiger charge is 2.32. The summed E-state index contributed by atoms with van der Waals surface area (Å²) in [6, 6.07) is 4.33. The number of hydrogen-bond acceptors (Lipinski definition) is 5. The quantitative estimate of drug-likeness (QED) is 0.613. The van der Waals surface area contributed by atoms with Gasteiger partial charge in [-0.05, 0) is 31.0 Å². The Kier molecular flexibility index (Phi) is 4.50. The van der Waals surface area contributed by atoms with E-state index in [0.29, 0.717) is 13.2 Å². The normalized spacial score (nSPS) is 20.9. The van der Waals surface area contributed by atoms with Crippen molar-refractivity contribution in [3.05, 3.63) is 44.5 Å². The molecule has 1 saturated heterocycles. The summed E-state index contributed by atoms with van der Waals surface area (Å²) in [5, 5.41) is 17.3. The molecule has 4 N–H and O–H groups in total. The number of ether oxygens (including phenoxy) is 1. The van der Waals surface area contributed by atoms with Crippen LogP contribution >= 0.6 is 0 Å². The zero-order chi connectivity index (χ0) is 17.2. The van der Waals surface area contributed by atoms with Gasteiger partial charge in [0.25, 0.3) is 17.0 Å². The van der Waals surface area contributed by atoms with Crippen molar-refractivity contribution < 1.29 is 14.6 Å². The number of H-pyrrole nitrogens is 2. The smallest absolute Gasteiger partial charge is 0.270 e. The molecule has 1 fully saturated rings. The van der Waals surface area contributed by atoms with Gasteiger partial charge in [-0.2, -0.15) is 0 Å². The van der Waals surface area contributed by atoms with Crippen molar-refractivity contribution in [1.82, 2.24) is 15.5 Å². The third-order valence-electron chi connectivity index (χ3n) is 4.42. The van der Waals surface area contributed by atoms with Gasteiger partial charge in [0, 0.05) is 24.1 Å². The van der Waals surface area contributed by atoms with Crippen molar-refractivity contribution in [3.8, 4) is 0 Å². The molecule has 1 aromatic carbocycles. The van der Waals surface area contributed by atoms with E-state index in [-0.39, 0.29) is 35.4 Å². The van der Waals surface area contributed by atoms with Crippen LogP contribution in [0.1, 0.15) is 23.2 Å². The van der Waals surface area contributed by atoms with Gasteiger partial charge in [-0.25, -0.2) is 0 Å². The Hall–Kier alpha value is -2.45. The van der Waals surface area contributed by atoms with Crippen LogP contribution in [-0.4, -0.2) is 47.6 Å². The molecule has 128 valence electrons. The lowest BCUT2D eigenvalue weighted by Crippen LogP contribution is -2.45. The number of nitrogens with one attached hydrogen (secondary N) is 3. The molecule has 1 amide bonds.